The van der Waals surface area contributed by atoms with Gasteiger partial charge >= 0.3 is 0 Å². The number of anilines is 1. The fraction of sp³-hybridized carbons (Fsp3) is 0.583. The summed E-state index contributed by atoms with van der Waals surface area (Å²) in [7, 11) is 0. The summed E-state index contributed by atoms with van der Waals surface area (Å²) in [5.41, 5.74) is 2.59. The molecule has 0 aromatic carbocycles. The Bertz CT molecular complexity index is 337. The molecule has 0 radical (unpaired) electrons. The molecule has 0 amide bonds. The third-order valence-electron chi connectivity index (χ3n) is 3.09. The van der Waals surface area contributed by atoms with Gasteiger partial charge in [0.15, 0.2) is 0 Å². The fourth-order valence-electron chi connectivity index (χ4n) is 2.11. The van der Waals surface area contributed by atoms with Crippen molar-refractivity contribution in [3.8, 4) is 0 Å². The minimum atomic E-state index is 0.545. The number of piperazine rings is 1. The number of hydrogen-bond acceptors (Lipinski definition) is 3. The van der Waals surface area contributed by atoms with Gasteiger partial charge in [0.05, 0.1) is 11.9 Å². The number of pyridine rings is 1. The molecule has 0 bridgehead atoms. The van der Waals surface area contributed by atoms with E-state index in [-0.39, 0.29) is 0 Å². The van der Waals surface area contributed by atoms with Crippen LogP contribution in [0.3, 0.4) is 0 Å². The van der Waals surface area contributed by atoms with Crippen molar-refractivity contribution in [3.63, 3.8) is 0 Å². The molecule has 82 valence electrons. The molecule has 1 saturated heterocycles. The quantitative estimate of drug-likeness (QED) is 0.754. The Morgan fingerprint density at radius 3 is 3.00 bits per heavy atom. The van der Waals surface area contributed by atoms with Crippen molar-refractivity contribution in [2.75, 3.05) is 18.0 Å². The van der Waals surface area contributed by atoms with E-state index < -0.39 is 0 Å². The number of rotatable bonds is 1. The summed E-state index contributed by atoms with van der Waals surface area (Å²) in [5, 5.41) is 3.49. The summed E-state index contributed by atoms with van der Waals surface area (Å²) in [6.45, 7) is 8.75. The minimum Gasteiger partial charge on any atom is -0.365 e. The molecule has 2 unspecified atom stereocenters. The van der Waals surface area contributed by atoms with Crippen LogP contribution in [0.4, 0.5) is 5.69 Å². The third kappa shape index (κ3) is 2.12. The van der Waals surface area contributed by atoms with Crippen LogP contribution in [0, 0.1) is 6.92 Å². The summed E-state index contributed by atoms with van der Waals surface area (Å²) in [6, 6.07) is 3.18. The van der Waals surface area contributed by atoms with Crippen molar-refractivity contribution in [3.05, 3.63) is 24.0 Å². The van der Waals surface area contributed by atoms with Crippen LogP contribution in [0.2, 0.25) is 0 Å². The molecule has 1 aliphatic heterocycles. The number of nitrogens with zero attached hydrogens (tertiary/aromatic N) is 2. The Labute approximate surface area is 91.5 Å². The van der Waals surface area contributed by atoms with E-state index >= 15 is 0 Å². The van der Waals surface area contributed by atoms with Crippen molar-refractivity contribution in [1.82, 2.24) is 10.3 Å². The number of nitrogens with one attached hydrogen (secondary N) is 1. The minimum absolute atomic E-state index is 0.545. The molecular formula is C12H19N3. The lowest BCUT2D eigenvalue weighted by Gasteiger charge is -2.39. The molecule has 3 nitrogen and oxygen atoms in total. The molecule has 2 rings (SSSR count). The van der Waals surface area contributed by atoms with Crippen LogP contribution in [0.25, 0.3) is 0 Å². The second-order valence-electron chi connectivity index (χ2n) is 4.47. The molecule has 2 heterocycles. The van der Waals surface area contributed by atoms with E-state index in [9.17, 15) is 0 Å². The highest BCUT2D eigenvalue weighted by atomic mass is 15.2. The van der Waals surface area contributed by atoms with Crippen LogP contribution >= 0.6 is 0 Å². The zero-order valence-electron chi connectivity index (χ0n) is 9.70. The van der Waals surface area contributed by atoms with E-state index in [1.165, 1.54) is 11.3 Å². The molecular weight excluding hydrogens is 186 g/mol. The second kappa shape index (κ2) is 4.19. The van der Waals surface area contributed by atoms with Crippen LogP contribution in [0.5, 0.6) is 0 Å². The van der Waals surface area contributed by atoms with Gasteiger partial charge in [0, 0.05) is 31.4 Å². The zero-order chi connectivity index (χ0) is 10.8. The summed E-state index contributed by atoms with van der Waals surface area (Å²) in [6.07, 6.45) is 3.83. The van der Waals surface area contributed by atoms with Gasteiger partial charge in [0.2, 0.25) is 0 Å². The van der Waals surface area contributed by atoms with E-state index in [1.54, 1.807) is 0 Å². The summed E-state index contributed by atoms with van der Waals surface area (Å²) < 4.78 is 0. The molecule has 1 N–H and O–H groups in total. The molecule has 1 aromatic rings. The highest BCUT2D eigenvalue weighted by molar-refractivity contribution is 5.52. The molecule has 1 fully saturated rings. The van der Waals surface area contributed by atoms with Crippen molar-refractivity contribution in [1.29, 1.82) is 0 Å². The lowest BCUT2D eigenvalue weighted by atomic mass is 10.1. The van der Waals surface area contributed by atoms with Crippen molar-refractivity contribution < 1.29 is 0 Å². The molecule has 0 aliphatic carbocycles. The summed E-state index contributed by atoms with van der Waals surface area (Å²) in [4.78, 5) is 6.67. The Balaban J connectivity index is 2.25. The van der Waals surface area contributed by atoms with Gasteiger partial charge in [-0.15, -0.1) is 0 Å². The Kier molecular flexibility index (Phi) is 2.91. The largest absolute Gasteiger partial charge is 0.365 e. The predicted molar refractivity (Wildman–Crippen MR) is 63.2 cm³/mol. The van der Waals surface area contributed by atoms with Crippen LogP contribution in [-0.4, -0.2) is 30.2 Å². The maximum absolute atomic E-state index is 4.22. The second-order valence-corrected chi connectivity index (χ2v) is 4.47. The summed E-state index contributed by atoms with van der Waals surface area (Å²) >= 11 is 0. The van der Waals surface area contributed by atoms with Crippen LogP contribution in [0.1, 0.15) is 19.4 Å². The average Bonchev–Trinajstić information content (AvgIpc) is 2.23. The van der Waals surface area contributed by atoms with Gasteiger partial charge in [0.1, 0.15) is 0 Å². The molecule has 2 atom stereocenters. The first-order valence-corrected chi connectivity index (χ1v) is 5.59. The van der Waals surface area contributed by atoms with Gasteiger partial charge in [-0.2, -0.15) is 0 Å². The molecule has 0 spiro atoms. The third-order valence-corrected chi connectivity index (χ3v) is 3.09. The van der Waals surface area contributed by atoms with Crippen LogP contribution < -0.4 is 10.2 Å². The van der Waals surface area contributed by atoms with Crippen LogP contribution in [-0.2, 0) is 0 Å². The standard InChI is InChI=1S/C12H19N3/c1-9-4-5-13-7-12(9)15-8-10(2)14-6-11(15)3/h4-5,7,10-11,14H,6,8H2,1-3H3. The molecule has 3 heteroatoms. The first-order chi connectivity index (χ1) is 7.18. The van der Waals surface area contributed by atoms with Gasteiger partial charge in [0.25, 0.3) is 0 Å². The van der Waals surface area contributed by atoms with E-state index in [0.717, 1.165) is 13.1 Å². The lowest BCUT2D eigenvalue weighted by molar-refractivity contribution is 0.424. The van der Waals surface area contributed by atoms with E-state index in [2.05, 4.69) is 42.0 Å². The maximum Gasteiger partial charge on any atom is 0.0585 e. The van der Waals surface area contributed by atoms with Crippen molar-refractivity contribution in [2.45, 2.75) is 32.9 Å². The SMILES string of the molecule is Cc1ccncc1N1CC(C)NCC1C. The molecule has 1 aromatic heterocycles. The fourth-order valence-corrected chi connectivity index (χ4v) is 2.11. The number of aromatic nitrogens is 1. The van der Waals surface area contributed by atoms with Crippen molar-refractivity contribution >= 4 is 5.69 Å². The number of hydrogen-bond donors (Lipinski definition) is 1. The Hall–Kier alpha value is -1.09. The van der Waals surface area contributed by atoms with Gasteiger partial charge in [-0.05, 0) is 32.4 Å². The zero-order valence-corrected chi connectivity index (χ0v) is 9.70. The average molecular weight is 205 g/mol. The van der Waals surface area contributed by atoms with E-state index in [1.807, 2.05) is 12.4 Å². The molecule has 1 aliphatic rings. The predicted octanol–water partition coefficient (Wildman–Crippen LogP) is 1.58. The summed E-state index contributed by atoms with van der Waals surface area (Å²) in [5.74, 6) is 0. The first kappa shape index (κ1) is 10.4. The van der Waals surface area contributed by atoms with Crippen LogP contribution in [0.15, 0.2) is 18.5 Å². The van der Waals surface area contributed by atoms with Gasteiger partial charge in [-0.3, -0.25) is 4.98 Å². The first-order valence-electron chi connectivity index (χ1n) is 5.59. The molecule has 0 saturated carbocycles. The highest BCUT2D eigenvalue weighted by Gasteiger charge is 2.23. The van der Waals surface area contributed by atoms with E-state index in [0.29, 0.717) is 12.1 Å². The van der Waals surface area contributed by atoms with Gasteiger partial charge in [-0.1, -0.05) is 0 Å². The van der Waals surface area contributed by atoms with Crippen molar-refractivity contribution in [2.24, 2.45) is 0 Å². The molecule has 15 heavy (non-hydrogen) atoms. The van der Waals surface area contributed by atoms with Gasteiger partial charge in [-0.25, -0.2) is 0 Å². The normalized spacial score (nSPS) is 26.7. The van der Waals surface area contributed by atoms with E-state index in [4.69, 9.17) is 0 Å². The monoisotopic (exact) mass is 205 g/mol. The topological polar surface area (TPSA) is 28.2 Å². The number of aryl methyl sites for hydroxylation is 1. The maximum atomic E-state index is 4.22. The lowest BCUT2D eigenvalue weighted by Crippen LogP contribution is -2.54. The Morgan fingerprint density at radius 2 is 2.27 bits per heavy atom. The van der Waals surface area contributed by atoms with Gasteiger partial charge < -0.3 is 10.2 Å². The smallest absolute Gasteiger partial charge is 0.0585 e. The highest BCUT2D eigenvalue weighted by Crippen LogP contribution is 2.22. The Morgan fingerprint density at radius 1 is 1.47 bits per heavy atom.